The zero-order valence-corrected chi connectivity index (χ0v) is 47.4. The summed E-state index contributed by atoms with van der Waals surface area (Å²) < 4.78 is 0. The zero-order chi connectivity index (χ0) is 60.7. The number of nitrogens with one attached hydrogen (secondary N) is 8. The molecule has 0 aromatic carbocycles. The topological polar surface area (TPSA) is 443 Å². The maximum atomic E-state index is 14.6. The van der Waals surface area contributed by atoms with E-state index in [0.29, 0.717) is 18.7 Å². The number of halogens is 1. The molecule has 28 nitrogen and oxygen atoms in total. The van der Waals surface area contributed by atoms with Crippen LogP contribution < -0.4 is 59.7 Å². The van der Waals surface area contributed by atoms with Crippen molar-refractivity contribution >= 4 is 88.4 Å². The lowest BCUT2D eigenvalue weighted by molar-refractivity contribution is -0.151. The first-order valence-electron chi connectivity index (χ1n) is 26.6. The Bertz CT molecular complexity index is 2350. The predicted octanol–water partition coefficient (Wildman–Crippen LogP) is -3.58. The molecule has 0 aliphatic carbocycles. The van der Waals surface area contributed by atoms with E-state index in [-0.39, 0.29) is 19.4 Å². The molecular weight excluding hydrogens is 1070 g/mol. The minimum atomic E-state index is -2.03. The van der Waals surface area contributed by atoms with Crippen molar-refractivity contribution in [3.8, 4) is 0 Å². The van der Waals surface area contributed by atoms with E-state index >= 15 is 0 Å². The summed E-state index contributed by atoms with van der Waals surface area (Å²) >= 11 is 5.83. The molecule has 448 valence electrons. The van der Waals surface area contributed by atoms with Crippen LogP contribution in [0.4, 0.5) is 0 Å². The van der Waals surface area contributed by atoms with E-state index in [2.05, 4.69) is 42.5 Å². The van der Waals surface area contributed by atoms with Crippen molar-refractivity contribution in [3.63, 3.8) is 0 Å². The number of nitrogens with zero attached hydrogens (tertiary/aromatic N) is 2. The first-order chi connectivity index (χ1) is 37.5. The molecule has 0 spiro atoms. The number of amides is 13. The Morgan fingerprint density at radius 2 is 1.14 bits per heavy atom. The lowest BCUT2D eigenvalue weighted by atomic mass is 9.90. The normalized spacial score (nSPS) is 27.1. The number of unbranched alkanes of at least 4 members (excludes halogenated alkanes) is 5. The molecule has 0 unspecified atom stereocenters. The number of aliphatic hydroxyl groups excluding tert-OH is 2. The molecule has 0 bridgehead atoms. The van der Waals surface area contributed by atoms with Crippen molar-refractivity contribution in [3.05, 3.63) is 23.5 Å². The van der Waals surface area contributed by atoms with Gasteiger partial charge in [-0.1, -0.05) is 65.0 Å². The highest BCUT2D eigenvalue weighted by atomic mass is 35.5. The van der Waals surface area contributed by atoms with Crippen LogP contribution in [-0.4, -0.2) is 177 Å². The zero-order valence-electron chi connectivity index (χ0n) is 46.7. The molecule has 80 heavy (non-hydrogen) atoms. The third kappa shape index (κ3) is 21.1. The van der Waals surface area contributed by atoms with Gasteiger partial charge in [-0.05, 0) is 65.2 Å². The maximum absolute atomic E-state index is 14.6. The van der Waals surface area contributed by atoms with Crippen LogP contribution in [0.15, 0.2) is 23.5 Å². The van der Waals surface area contributed by atoms with Crippen LogP contribution in [0.2, 0.25) is 0 Å². The van der Waals surface area contributed by atoms with Crippen LogP contribution >= 0.6 is 11.6 Å². The van der Waals surface area contributed by atoms with Gasteiger partial charge in [-0.15, -0.1) is 11.6 Å². The number of likely N-dealkylation sites (N-methyl/N-ethyl adjacent to an activating group) is 1. The summed E-state index contributed by atoms with van der Waals surface area (Å²) in [5.41, 5.74) is 15.3. The quantitative estimate of drug-likeness (QED) is 0.0381. The van der Waals surface area contributed by atoms with Crippen molar-refractivity contribution in [2.24, 2.45) is 29.0 Å². The smallest absolute Gasteiger partial charge is 0.268 e. The van der Waals surface area contributed by atoms with Crippen LogP contribution in [0.1, 0.15) is 126 Å². The van der Waals surface area contributed by atoms with Crippen LogP contribution in [0, 0.1) is 11.8 Å². The molecule has 13 amide bonds. The number of fused-ring (bicyclic) bond motifs is 1. The van der Waals surface area contributed by atoms with Gasteiger partial charge < -0.3 is 79.7 Å². The predicted molar refractivity (Wildman–Crippen MR) is 289 cm³/mol. The number of hydrogen-bond acceptors (Lipinski definition) is 15. The number of alkyl halides is 1. The van der Waals surface area contributed by atoms with Gasteiger partial charge in [0.05, 0.1) is 31.4 Å². The molecule has 2 aliphatic rings. The third-order valence-corrected chi connectivity index (χ3v) is 13.9. The Kier molecular flexibility index (Phi) is 28.8. The number of carbonyl (C=O) groups excluding carboxylic acids is 13. The van der Waals surface area contributed by atoms with E-state index in [9.17, 15) is 72.5 Å². The van der Waals surface area contributed by atoms with Gasteiger partial charge in [-0.3, -0.25) is 62.3 Å². The summed E-state index contributed by atoms with van der Waals surface area (Å²) in [4.78, 5) is 178. The van der Waals surface area contributed by atoms with E-state index in [1.165, 1.54) is 13.8 Å². The molecule has 0 saturated carbocycles. The largest absolute Gasteiger partial charge is 0.391 e. The van der Waals surface area contributed by atoms with Gasteiger partial charge in [0, 0.05) is 19.5 Å². The minimum Gasteiger partial charge on any atom is -0.391 e. The van der Waals surface area contributed by atoms with Crippen LogP contribution in [0.3, 0.4) is 0 Å². The number of carbonyl (C=O) groups is 13. The Labute approximate surface area is 470 Å². The Balaban J connectivity index is 2.80. The van der Waals surface area contributed by atoms with Gasteiger partial charge in [0.25, 0.3) is 17.7 Å². The van der Waals surface area contributed by atoms with Crippen LogP contribution in [0.5, 0.6) is 0 Å². The summed E-state index contributed by atoms with van der Waals surface area (Å²) in [6, 6.07) is -13.0. The van der Waals surface area contributed by atoms with Crippen LogP contribution in [0.25, 0.3) is 0 Å². The summed E-state index contributed by atoms with van der Waals surface area (Å²) in [5.74, 6) is -15.0. The number of hydrogen-bond donors (Lipinski definition) is 13. The molecule has 29 heteroatoms. The van der Waals surface area contributed by atoms with E-state index in [1.54, 1.807) is 20.8 Å². The van der Waals surface area contributed by atoms with Gasteiger partial charge in [-0.2, -0.15) is 0 Å². The molecular formula is C51H82ClN13O15. The standard InChI is InChI=1S/C51H82ClN13O15/c1-9-29-43(72)59-31(22-35(53)67)45(74)56-27(6)42(71)63-40(28(7)66)51(80)64(8)34(24-37(55)69)50(79)65-21-17-19-33(65)47(76)62-39(26(5)18-15-13-11-12-14-16-20-52)41(70)49(78)61-38(25(3)4)48(77)58-30(10-2)44(73)60-32(23-36(54)68)46(75)57-29/h9-10,25-28,31-34,38-41,66,70H,11-24H2,1-8H3,(H2,53,67)(H2,54,68)(H2,55,69)(H,56,74)(H,57,75)(H,58,77)(H,59,72)(H,60,73)(H,61,78)(H,62,76)(H,63,71)/b29-9+,30-10+/t26-,27+,28+,31-,32-,33-,34-,38-,39+,40-,41+/m0/s1. The van der Waals surface area contributed by atoms with E-state index in [1.807, 2.05) is 0 Å². The monoisotopic (exact) mass is 1150 g/mol. The van der Waals surface area contributed by atoms with Crippen molar-refractivity contribution in [1.82, 2.24) is 52.3 Å². The van der Waals surface area contributed by atoms with Crippen LogP contribution in [-0.2, 0) is 62.3 Å². The van der Waals surface area contributed by atoms with Crippen molar-refractivity contribution in [2.75, 3.05) is 19.5 Å². The lowest BCUT2D eigenvalue weighted by Crippen LogP contribution is -2.62. The summed E-state index contributed by atoms with van der Waals surface area (Å²) in [6.45, 7) is 9.57. The second kappa shape index (κ2) is 33.4. The molecule has 2 heterocycles. The van der Waals surface area contributed by atoms with Gasteiger partial charge >= 0.3 is 0 Å². The van der Waals surface area contributed by atoms with Crippen molar-refractivity contribution < 1.29 is 72.5 Å². The van der Waals surface area contributed by atoms with E-state index < -0.39 is 180 Å². The summed E-state index contributed by atoms with van der Waals surface area (Å²) in [5, 5.41) is 41.5. The molecule has 0 aromatic heterocycles. The van der Waals surface area contributed by atoms with Gasteiger partial charge in [0.15, 0.2) is 6.10 Å². The highest BCUT2D eigenvalue weighted by Crippen LogP contribution is 2.24. The Morgan fingerprint density at radius 3 is 1.64 bits per heavy atom. The third-order valence-electron chi connectivity index (χ3n) is 13.6. The minimum absolute atomic E-state index is 0.0467. The number of aliphatic hydroxyl groups is 2. The average molecular weight is 1150 g/mol. The molecule has 2 saturated heterocycles. The molecule has 16 N–H and O–H groups in total. The Morgan fingerprint density at radius 1 is 0.637 bits per heavy atom. The maximum Gasteiger partial charge on any atom is 0.268 e. The number of allylic oxidation sites excluding steroid dienone is 2. The molecule has 0 aromatic rings. The molecule has 11 atom stereocenters. The molecule has 2 aliphatic heterocycles. The van der Waals surface area contributed by atoms with Crippen molar-refractivity contribution in [2.45, 2.75) is 186 Å². The van der Waals surface area contributed by atoms with Gasteiger partial charge in [0.1, 0.15) is 53.7 Å². The molecule has 0 radical (unpaired) electrons. The van der Waals surface area contributed by atoms with E-state index in [4.69, 9.17) is 28.8 Å². The first kappa shape index (κ1) is 68.9. The van der Waals surface area contributed by atoms with Gasteiger partial charge in [0.2, 0.25) is 59.1 Å². The summed E-state index contributed by atoms with van der Waals surface area (Å²) in [6.07, 6.45) is 1.51. The first-order valence-corrected chi connectivity index (χ1v) is 27.2. The second-order valence-corrected chi connectivity index (χ2v) is 20.7. The average Bonchev–Trinajstić information content (AvgIpc) is 3.89. The number of nitrogens with two attached hydrogens (primary N) is 3. The number of rotatable bonds is 17. The fraction of sp³-hybridized carbons (Fsp3) is 0.667. The van der Waals surface area contributed by atoms with Gasteiger partial charge in [-0.25, -0.2) is 0 Å². The van der Waals surface area contributed by atoms with E-state index in [0.717, 1.165) is 75.0 Å². The number of primary amides is 3. The fourth-order valence-electron chi connectivity index (χ4n) is 8.91. The fourth-order valence-corrected chi connectivity index (χ4v) is 9.10. The summed E-state index contributed by atoms with van der Waals surface area (Å²) in [7, 11) is 1.09. The highest BCUT2D eigenvalue weighted by molar-refractivity contribution is 6.17. The highest BCUT2D eigenvalue weighted by Gasteiger charge is 2.44. The molecule has 2 rings (SSSR count). The Hall–Kier alpha value is -7.20. The second-order valence-electron chi connectivity index (χ2n) is 20.3. The molecule has 2 fully saturated rings. The lowest BCUT2D eigenvalue weighted by Gasteiger charge is -2.36. The SMILES string of the molecule is C/C=C1/NC(=O)[C@H](CC(N)=O)NC(=O)/C(=C\C)NC(=O)[C@H](C(C)C)NC(=O)[C@H](O)[C@@H]([C@@H](C)CCCCCCCCCl)NC(=O)[C@@H]2CCCN2C(=O)[C@H](CC(N)=O)N(C)C(=O)[C@H]([C@@H](C)O)NC(=O)[C@@H](C)NC(=O)[C@H](CC(N)=O)NC1=O. The van der Waals surface area contributed by atoms with Crippen molar-refractivity contribution in [1.29, 1.82) is 0 Å².